The lowest BCUT2D eigenvalue weighted by molar-refractivity contribution is 0.199. The van der Waals surface area contributed by atoms with Gasteiger partial charge in [0.25, 0.3) is 0 Å². The predicted octanol–water partition coefficient (Wildman–Crippen LogP) is 3.60. The van der Waals surface area contributed by atoms with Gasteiger partial charge in [0, 0.05) is 18.5 Å². The Morgan fingerprint density at radius 2 is 2.18 bits per heavy atom. The number of halogens is 1. The maximum atomic E-state index is 5.90. The van der Waals surface area contributed by atoms with E-state index in [9.17, 15) is 0 Å². The molecule has 17 heavy (non-hydrogen) atoms. The van der Waals surface area contributed by atoms with Gasteiger partial charge in [-0.1, -0.05) is 18.5 Å². The number of ether oxygens (including phenoxy) is 1. The highest BCUT2D eigenvalue weighted by atomic mass is 35.5. The van der Waals surface area contributed by atoms with Crippen LogP contribution in [0.15, 0.2) is 12.1 Å². The third-order valence-corrected chi connectivity index (χ3v) is 4.10. The van der Waals surface area contributed by atoms with Gasteiger partial charge in [-0.15, -0.1) is 11.3 Å². The van der Waals surface area contributed by atoms with Gasteiger partial charge in [0.05, 0.1) is 10.9 Å². The number of aryl methyl sites for hydroxylation is 1. The van der Waals surface area contributed by atoms with E-state index in [1.54, 1.807) is 18.4 Å². The zero-order chi connectivity index (χ0) is 12.5. The van der Waals surface area contributed by atoms with Crippen LogP contribution in [0.25, 0.3) is 0 Å². The molecule has 0 amide bonds. The maximum Gasteiger partial charge on any atom is 0.0931 e. The molecule has 0 bridgehead atoms. The Morgan fingerprint density at radius 3 is 2.82 bits per heavy atom. The van der Waals surface area contributed by atoms with E-state index in [1.165, 1.54) is 17.7 Å². The van der Waals surface area contributed by atoms with Crippen molar-refractivity contribution in [3.63, 3.8) is 0 Å². The van der Waals surface area contributed by atoms with Gasteiger partial charge in [0.15, 0.2) is 0 Å². The molecule has 0 saturated heterocycles. The van der Waals surface area contributed by atoms with E-state index in [0.29, 0.717) is 0 Å². The molecule has 0 aliphatic carbocycles. The summed E-state index contributed by atoms with van der Waals surface area (Å²) >= 11 is 7.60. The van der Waals surface area contributed by atoms with E-state index < -0.39 is 0 Å². The summed E-state index contributed by atoms with van der Waals surface area (Å²) in [5.41, 5.74) is 0. The Morgan fingerprint density at radius 1 is 1.35 bits per heavy atom. The molecule has 1 unspecified atom stereocenters. The smallest absolute Gasteiger partial charge is 0.0931 e. The molecule has 98 valence electrons. The summed E-state index contributed by atoms with van der Waals surface area (Å²) in [5, 5.41) is 3.38. The number of hydrogen-bond donors (Lipinski definition) is 1. The SMILES string of the molecule is COCCNCCC(C)CCc1ccc(Cl)s1. The molecule has 0 aliphatic rings. The van der Waals surface area contributed by atoms with Gasteiger partial charge < -0.3 is 10.1 Å². The first-order chi connectivity index (χ1) is 8.22. The maximum absolute atomic E-state index is 5.90. The molecular weight excluding hydrogens is 254 g/mol. The summed E-state index contributed by atoms with van der Waals surface area (Å²) in [4.78, 5) is 1.40. The molecule has 4 heteroatoms. The second-order valence-corrected chi connectivity index (χ2v) is 6.18. The van der Waals surface area contributed by atoms with E-state index in [0.717, 1.165) is 36.4 Å². The van der Waals surface area contributed by atoms with E-state index in [1.807, 2.05) is 6.07 Å². The molecule has 1 atom stereocenters. The molecule has 0 aromatic carbocycles. The fourth-order valence-corrected chi connectivity index (χ4v) is 2.77. The minimum absolute atomic E-state index is 0.755. The summed E-state index contributed by atoms with van der Waals surface area (Å²) < 4.78 is 5.88. The van der Waals surface area contributed by atoms with E-state index in [2.05, 4.69) is 18.3 Å². The van der Waals surface area contributed by atoms with Crippen LogP contribution in [0.1, 0.15) is 24.6 Å². The average molecular weight is 276 g/mol. The van der Waals surface area contributed by atoms with Gasteiger partial charge in [-0.2, -0.15) is 0 Å². The Labute approximate surface area is 113 Å². The van der Waals surface area contributed by atoms with Crippen molar-refractivity contribution in [1.82, 2.24) is 5.32 Å². The average Bonchev–Trinajstić information content (AvgIpc) is 2.72. The summed E-state index contributed by atoms with van der Waals surface area (Å²) in [6, 6.07) is 4.12. The minimum Gasteiger partial charge on any atom is -0.383 e. The summed E-state index contributed by atoms with van der Waals surface area (Å²) in [5.74, 6) is 0.755. The van der Waals surface area contributed by atoms with Crippen molar-refractivity contribution in [3.8, 4) is 0 Å². The van der Waals surface area contributed by atoms with Crippen LogP contribution in [0.5, 0.6) is 0 Å². The zero-order valence-corrected chi connectivity index (χ0v) is 12.2. The monoisotopic (exact) mass is 275 g/mol. The Balaban J connectivity index is 2.03. The van der Waals surface area contributed by atoms with Crippen LogP contribution in [0.4, 0.5) is 0 Å². The van der Waals surface area contributed by atoms with Gasteiger partial charge in [0.2, 0.25) is 0 Å². The number of rotatable bonds is 9. The summed E-state index contributed by atoms with van der Waals surface area (Å²) in [6.07, 6.45) is 3.61. The molecule has 1 heterocycles. The van der Waals surface area contributed by atoms with Crippen molar-refractivity contribution in [2.24, 2.45) is 5.92 Å². The molecule has 1 N–H and O–H groups in total. The van der Waals surface area contributed by atoms with Crippen LogP contribution >= 0.6 is 22.9 Å². The highest BCUT2D eigenvalue weighted by Crippen LogP contribution is 2.23. The Bertz CT molecular complexity index is 303. The highest BCUT2D eigenvalue weighted by Gasteiger charge is 2.04. The number of thiophene rings is 1. The first-order valence-electron chi connectivity index (χ1n) is 6.16. The molecular formula is C13H22ClNOS. The summed E-state index contributed by atoms with van der Waals surface area (Å²) in [7, 11) is 1.73. The second kappa shape index (κ2) is 8.92. The lowest BCUT2D eigenvalue weighted by Crippen LogP contribution is -2.21. The lowest BCUT2D eigenvalue weighted by Gasteiger charge is -2.11. The fourth-order valence-electron chi connectivity index (χ4n) is 1.67. The number of nitrogens with one attached hydrogen (secondary N) is 1. The van der Waals surface area contributed by atoms with Crippen molar-refractivity contribution in [2.75, 3.05) is 26.8 Å². The second-order valence-electron chi connectivity index (χ2n) is 4.38. The zero-order valence-electron chi connectivity index (χ0n) is 10.7. The van der Waals surface area contributed by atoms with E-state index in [-0.39, 0.29) is 0 Å². The molecule has 0 saturated carbocycles. The van der Waals surface area contributed by atoms with Crippen molar-refractivity contribution >= 4 is 22.9 Å². The first-order valence-corrected chi connectivity index (χ1v) is 7.35. The number of hydrogen-bond acceptors (Lipinski definition) is 3. The largest absolute Gasteiger partial charge is 0.383 e. The van der Waals surface area contributed by atoms with Crippen molar-refractivity contribution in [1.29, 1.82) is 0 Å². The Kier molecular flexibility index (Phi) is 7.86. The van der Waals surface area contributed by atoms with Crippen LogP contribution in [0.3, 0.4) is 0 Å². The van der Waals surface area contributed by atoms with Crippen molar-refractivity contribution in [3.05, 3.63) is 21.3 Å². The standard InChI is InChI=1S/C13H22ClNOS/c1-11(7-8-15-9-10-16-2)3-4-12-5-6-13(14)17-12/h5-6,11,15H,3-4,7-10H2,1-2H3. The quantitative estimate of drug-likeness (QED) is 0.696. The highest BCUT2D eigenvalue weighted by molar-refractivity contribution is 7.16. The minimum atomic E-state index is 0.755. The first kappa shape index (κ1) is 15.0. The van der Waals surface area contributed by atoms with Gasteiger partial charge in [0.1, 0.15) is 0 Å². The van der Waals surface area contributed by atoms with Crippen molar-refractivity contribution < 1.29 is 4.74 Å². The third kappa shape index (κ3) is 7.04. The van der Waals surface area contributed by atoms with E-state index >= 15 is 0 Å². The van der Waals surface area contributed by atoms with Gasteiger partial charge >= 0.3 is 0 Å². The van der Waals surface area contributed by atoms with Crippen molar-refractivity contribution in [2.45, 2.75) is 26.2 Å². The predicted molar refractivity (Wildman–Crippen MR) is 76.2 cm³/mol. The van der Waals surface area contributed by atoms with Crippen LogP contribution in [-0.2, 0) is 11.2 Å². The summed E-state index contributed by atoms with van der Waals surface area (Å²) in [6.45, 7) is 5.13. The molecule has 0 aliphatic heterocycles. The number of methoxy groups -OCH3 is 1. The van der Waals surface area contributed by atoms with Gasteiger partial charge in [-0.05, 0) is 43.9 Å². The molecule has 1 aromatic heterocycles. The fraction of sp³-hybridized carbons (Fsp3) is 0.692. The van der Waals surface area contributed by atoms with Crippen LogP contribution in [0, 0.1) is 5.92 Å². The van der Waals surface area contributed by atoms with Gasteiger partial charge in [-0.25, -0.2) is 0 Å². The molecule has 0 radical (unpaired) electrons. The third-order valence-electron chi connectivity index (χ3n) is 2.81. The molecule has 0 fully saturated rings. The molecule has 0 spiro atoms. The van der Waals surface area contributed by atoms with E-state index in [4.69, 9.17) is 16.3 Å². The molecule has 1 rings (SSSR count). The van der Waals surface area contributed by atoms with Crippen LogP contribution in [0.2, 0.25) is 4.34 Å². The van der Waals surface area contributed by atoms with Gasteiger partial charge in [-0.3, -0.25) is 0 Å². The van der Waals surface area contributed by atoms with Crippen LogP contribution < -0.4 is 5.32 Å². The van der Waals surface area contributed by atoms with Crippen LogP contribution in [-0.4, -0.2) is 26.8 Å². The lowest BCUT2D eigenvalue weighted by atomic mass is 10.0. The molecule has 1 aromatic rings. The topological polar surface area (TPSA) is 21.3 Å². The molecule has 2 nitrogen and oxygen atoms in total. The normalized spacial score (nSPS) is 12.9. The Hall–Kier alpha value is -0.0900.